The maximum absolute atomic E-state index is 9.62. The van der Waals surface area contributed by atoms with Gasteiger partial charge in [-0.25, -0.2) is 4.98 Å². The third-order valence-corrected chi connectivity index (χ3v) is 2.22. The Morgan fingerprint density at radius 3 is 2.87 bits per heavy atom. The molecule has 0 spiro atoms. The zero-order chi connectivity index (χ0) is 10.7. The Morgan fingerprint density at radius 1 is 1.40 bits per heavy atom. The standard InChI is InChI=1S/C12H12N2O/c1-10(8-14-7-6-13-9-14)11-4-2-3-5-12(11)15/h2-7,9,15H,1,8H2. The van der Waals surface area contributed by atoms with E-state index in [4.69, 9.17) is 0 Å². The van der Waals surface area contributed by atoms with Crippen molar-refractivity contribution in [2.75, 3.05) is 0 Å². The average molecular weight is 200 g/mol. The summed E-state index contributed by atoms with van der Waals surface area (Å²) in [6.07, 6.45) is 5.31. The summed E-state index contributed by atoms with van der Waals surface area (Å²) in [5.41, 5.74) is 1.65. The van der Waals surface area contributed by atoms with Gasteiger partial charge in [-0.15, -0.1) is 0 Å². The number of para-hydroxylation sites is 1. The molecule has 0 bridgehead atoms. The number of phenolic OH excluding ortho intramolecular Hbond substituents is 1. The van der Waals surface area contributed by atoms with Crippen LogP contribution < -0.4 is 0 Å². The Kier molecular flexibility index (Phi) is 2.54. The molecule has 0 saturated heterocycles. The number of hydrogen-bond acceptors (Lipinski definition) is 2. The van der Waals surface area contributed by atoms with E-state index in [2.05, 4.69) is 11.6 Å². The van der Waals surface area contributed by atoms with Gasteiger partial charge in [0, 0.05) is 24.5 Å². The summed E-state index contributed by atoms with van der Waals surface area (Å²) in [4.78, 5) is 3.95. The second-order valence-electron chi connectivity index (χ2n) is 3.36. The highest BCUT2D eigenvalue weighted by molar-refractivity contribution is 5.68. The summed E-state index contributed by atoms with van der Waals surface area (Å²) in [5, 5.41) is 9.62. The number of nitrogens with zero attached hydrogens (tertiary/aromatic N) is 2. The zero-order valence-electron chi connectivity index (χ0n) is 8.30. The molecule has 3 nitrogen and oxygen atoms in total. The molecule has 1 aromatic heterocycles. The second kappa shape index (κ2) is 4.00. The van der Waals surface area contributed by atoms with E-state index < -0.39 is 0 Å². The van der Waals surface area contributed by atoms with Gasteiger partial charge in [0.2, 0.25) is 0 Å². The molecule has 0 aliphatic heterocycles. The van der Waals surface area contributed by atoms with Crippen LogP contribution in [0.3, 0.4) is 0 Å². The van der Waals surface area contributed by atoms with Gasteiger partial charge < -0.3 is 9.67 Å². The number of phenols is 1. The number of benzene rings is 1. The minimum atomic E-state index is 0.266. The third kappa shape index (κ3) is 2.07. The van der Waals surface area contributed by atoms with Crippen LogP contribution in [0.1, 0.15) is 5.56 Å². The predicted molar refractivity (Wildman–Crippen MR) is 59.4 cm³/mol. The highest BCUT2D eigenvalue weighted by atomic mass is 16.3. The predicted octanol–water partition coefficient (Wildman–Crippen LogP) is 2.30. The number of rotatable bonds is 3. The van der Waals surface area contributed by atoms with Gasteiger partial charge >= 0.3 is 0 Å². The topological polar surface area (TPSA) is 38.0 Å². The van der Waals surface area contributed by atoms with Crippen molar-refractivity contribution in [3.63, 3.8) is 0 Å². The number of aromatic hydroxyl groups is 1. The zero-order valence-corrected chi connectivity index (χ0v) is 8.30. The first-order chi connectivity index (χ1) is 7.27. The lowest BCUT2D eigenvalue weighted by atomic mass is 10.1. The van der Waals surface area contributed by atoms with E-state index in [0.717, 1.165) is 11.1 Å². The Labute approximate surface area is 88.3 Å². The van der Waals surface area contributed by atoms with Crippen LogP contribution in [0.4, 0.5) is 0 Å². The number of allylic oxidation sites excluding steroid dienone is 1. The fourth-order valence-corrected chi connectivity index (χ4v) is 1.46. The van der Waals surface area contributed by atoms with Crippen LogP contribution in [0.5, 0.6) is 5.75 Å². The third-order valence-electron chi connectivity index (χ3n) is 2.22. The molecular weight excluding hydrogens is 188 g/mol. The van der Waals surface area contributed by atoms with Gasteiger partial charge in [0.05, 0.1) is 6.33 Å². The lowest BCUT2D eigenvalue weighted by Gasteiger charge is -2.08. The molecule has 76 valence electrons. The minimum Gasteiger partial charge on any atom is -0.507 e. The average Bonchev–Trinajstić information content (AvgIpc) is 2.71. The van der Waals surface area contributed by atoms with E-state index in [1.54, 1.807) is 24.7 Å². The highest BCUT2D eigenvalue weighted by Gasteiger charge is 2.04. The summed E-state index contributed by atoms with van der Waals surface area (Å²) in [6, 6.07) is 7.19. The van der Waals surface area contributed by atoms with E-state index in [1.807, 2.05) is 22.9 Å². The number of imidazole rings is 1. The van der Waals surface area contributed by atoms with Crippen LogP contribution in [0.15, 0.2) is 49.6 Å². The molecule has 2 aromatic rings. The van der Waals surface area contributed by atoms with Gasteiger partial charge in [-0.2, -0.15) is 0 Å². The number of hydrogen-bond donors (Lipinski definition) is 1. The smallest absolute Gasteiger partial charge is 0.123 e. The quantitative estimate of drug-likeness (QED) is 0.825. The van der Waals surface area contributed by atoms with Crippen LogP contribution >= 0.6 is 0 Å². The fraction of sp³-hybridized carbons (Fsp3) is 0.0833. The number of aromatic nitrogens is 2. The normalized spacial score (nSPS) is 10.1. The molecule has 0 radical (unpaired) electrons. The lowest BCUT2D eigenvalue weighted by Crippen LogP contribution is -1.96. The second-order valence-corrected chi connectivity index (χ2v) is 3.36. The van der Waals surface area contributed by atoms with Crippen molar-refractivity contribution in [3.05, 3.63) is 55.1 Å². The molecule has 0 unspecified atom stereocenters. The van der Waals surface area contributed by atoms with Crippen LogP contribution in [0.25, 0.3) is 5.57 Å². The van der Waals surface area contributed by atoms with Gasteiger partial charge in [-0.1, -0.05) is 24.8 Å². The first-order valence-electron chi connectivity index (χ1n) is 4.69. The molecule has 3 heteroatoms. The molecule has 1 aromatic carbocycles. The lowest BCUT2D eigenvalue weighted by molar-refractivity contribution is 0.473. The van der Waals surface area contributed by atoms with Crippen molar-refractivity contribution in [1.29, 1.82) is 0 Å². The molecule has 1 N–H and O–H groups in total. The summed E-state index contributed by atoms with van der Waals surface area (Å²) in [6.45, 7) is 4.59. The van der Waals surface area contributed by atoms with Crippen LogP contribution in [0.2, 0.25) is 0 Å². The van der Waals surface area contributed by atoms with E-state index >= 15 is 0 Å². The van der Waals surface area contributed by atoms with E-state index in [9.17, 15) is 5.11 Å². The van der Waals surface area contributed by atoms with Gasteiger partial charge in [-0.3, -0.25) is 0 Å². The molecule has 0 amide bonds. The molecule has 0 aliphatic carbocycles. The molecule has 1 heterocycles. The van der Waals surface area contributed by atoms with Crippen LogP contribution in [-0.4, -0.2) is 14.7 Å². The molecule has 0 atom stereocenters. The molecule has 2 rings (SSSR count). The maximum Gasteiger partial charge on any atom is 0.123 e. The molecule has 0 saturated carbocycles. The Bertz CT molecular complexity index is 460. The van der Waals surface area contributed by atoms with Crippen molar-refractivity contribution >= 4 is 5.57 Å². The van der Waals surface area contributed by atoms with Crippen molar-refractivity contribution < 1.29 is 5.11 Å². The monoisotopic (exact) mass is 200 g/mol. The van der Waals surface area contributed by atoms with E-state index in [-0.39, 0.29) is 5.75 Å². The van der Waals surface area contributed by atoms with Crippen molar-refractivity contribution in [3.8, 4) is 5.75 Å². The van der Waals surface area contributed by atoms with Crippen LogP contribution in [0, 0.1) is 0 Å². The van der Waals surface area contributed by atoms with Crippen molar-refractivity contribution in [1.82, 2.24) is 9.55 Å². The largest absolute Gasteiger partial charge is 0.507 e. The summed E-state index contributed by atoms with van der Waals surface area (Å²) < 4.78 is 1.91. The maximum atomic E-state index is 9.62. The van der Waals surface area contributed by atoms with Gasteiger partial charge in [0.15, 0.2) is 0 Å². The SMILES string of the molecule is C=C(Cn1ccnc1)c1ccccc1O. The molecular formula is C12H12N2O. The first-order valence-corrected chi connectivity index (χ1v) is 4.69. The molecule has 0 aliphatic rings. The fourth-order valence-electron chi connectivity index (χ4n) is 1.46. The summed E-state index contributed by atoms with van der Waals surface area (Å²) in [7, 11) is 0. The first kappa shape index (κ1) is 9.52. The van der Waals surface area contributed by atoms with E-state index in [1.165, 1.54) is 0 Å². The van der Waals surface area contributed by atoms with Gasteiger partial charge in [-0.05, 0) is 11.6 Å². The highest BCUT2D eigenvalue weighted by Crippen LogP contribution is 2.24. The van der Waals surface area contributed by atoms with E-state index in [0.29, 0.717) is 6.54 Å². The molecule has 15 heavy (non-hydrogen) atoms. The van der Waals surface area contributed by atoms with Crippen molar-refractivity contribution in [2.24, 2.45) is 0 Å². The Hall–Kier alpha value is -2.03. The Morgan fingerprint density at radius 2 is 2.20 bits per heavy atom. The van der Waals surface area contributed by atoms with Crippen molar-refractivity contribution in [2.45, 2.75) is 6.54 Å². The van der Waals surface area contributed by atoms with Crippen LogP contribution in [-0.2, 0) is 6.54 Å². The Balaban J connectivity index is 2.19. The summed E-state index contributed by atoms with van der Waals surface area (Å²) in [5.74, 6) is 0.266. The molecule has 0 fully saturated rings. The summed E-state index contributed by atoms with van der Waals surface area (Å²) >= 11 is 0. The minimum absolute atomic E-state index is 0.266. The van der Waals surface area contributed by atoms with Gasteiger partial charge in [0.25, 0.3) is 0 Å². The van der Waals surface area contributed by atoms with Gasteiger partial charge in [0.1, 0.15) is 5.75 Å².